The van der Waals surface area contributed by atoms with Gasteiger partial charge < -0.3 is 44.8 Å². The Morgan fingerprint density at radius 1 is 1.00 bits per heavy atom. The van der Waals surface area contributed by atoms with E-state index >= 15 is 0 Å². The second-order valence-electron chi connectivity index (χ2n) is 4.13. The van der Waals surface area contributed by atoms with Crippen LogP contribution in [0.5, 0.6) is 0 Å². The monoisotopic (exact) mass is 284 g/mol. The van der Waals surface area contributed by atoms with Crippen molar-refractivity contribution in [3.63, 3.8) is 0 Å². The predicted octanol–water partition coefficient (Wildman–Crippen LogP) is -3.87. The van der Waals surface area contributed by atoms with Crippen molar-refractivity contribution in [3.05, 3.63) is 0 Å². The van der Waals surface area contributed by atoms with E-state index in [1.165, 1.54) is 0 Å². The Balaban J connectivity index is 2.49. The first-order valence-electron chi connectivity index (χ1n) is 5.80. The molecule has 5 atom stereocenters. The van der Waals surface area contributed by atoms with Gasteiger partial charge in [-0.25, -0.2) is 0 Å². The largest absolute Gasteiger partial charge is 0.394 e. The van der Waals surface area contributed by atoms with Crippen LogP contribution in [0, 0.1) is 0 Å². The Morgan fingerprint density at radius 3 is 2.16 bits per heavy atom. The number of hydrogen-bond donors (Lipinski definition) is 6. The normalized spacial score (nSPS) is 35.8. The number of rotatable bonds is 7. The number of aliphatic hydroxyl groups is 6. The van der Waals surface area contributed by atoms with E-state index in [2.05, 4.69) is 0 Å². The lowest BCUT2D eigenvalue weighted by molar-refractivity contribution is -0.305. The Hall–Kier alpha value is -0.360. The van der Waals surface area contributed by atoms with Gasteiger partial charge in [0.25, 0.3) is 0 Å². The van der Waals surface area contributed by atoms with E-state index in [-0.39, 0.29) is 0 Å². The summed E-state index contributed by atoms with van der Waals surface area (Å²) in [5.41, 5.74) is 0. The summed E-state index contributed by atoms with van der Waals surface area (Å²) in [5.74, 6) is 0. The average Bonchev–Trinajstić information content (AvgIpc) is 2.42. The Morgan fingerprint density at radius 2 is 1.63 bits per heavy atom. The van der Waals surface area contributed by atoms with Gasteiger partial charge in [0.15, 0.2) is 6.29 Å². The van der Waals surface area contributed by atoms with Gasteiger partial charge in [-0.05, 0) is 0 Å². The fourth-order valence-corrected chi connectivity index (χ4v) is 1.65. The smallest absolute Gasteiger partial charge is 0.184 e. The molecule has 0 radical (unpaired) electrons. The third-order valence-electron chi connectivity index (χ3n) is 2.81. The second-order valence-corrected chi connectivity index (χ2v) is 4.13. The molecule has 0 saturated carbocycles. The van der Waals surface area contributed by atoms with Gasteiger partial charge in [-0.1, -0.05) is 0 Å². The van der Waals surface area contributed by atoms with Crippen LogP contribution in [0.4, 0.5) is 0 Å². The van der Waals surface area contributed by atoms with Crippen molar-refractivity contribution in [1.82, 2.24) is 0 Å². The van der Waals surface area contributed by atoms with Crippen LogP contribution in [0.15, 0.2) is 0 Å². The summed E-state index contributed by atoms with van der Waals surface area (Å²) < 4.78 is 14.9. The van der Waals surface area contributed by atoms with Crippen molar-refractivity contribution in [3.8, 4) is 0 Å². The molecule has 1 saturated heterocycles. The molecule has 0 bridgehead atoms. The van der Waals surface area contributed by atoms with Crippen LogP contribution < -0.4 is 0 Å². The lowest BCUT2D eigenvalue weighted by Gasteiger charge is -2.39. The molecule has 2 unspecified atom stereocenters. The van der Waals surface area contributed by atoms with Crippen LogP contribution in [0.1, 0.15) is 0 Å². The topological polar surface area (TPSA) is 149 Å². The van der Waals surface area contributed by atoms with Crippen LogP contribution >= 0.6 is 0 Å². The van der Waals surface area contributed by atoms with Gasteiger partial charge >= 0.3 is 0 Å². The fourth-order valence-electron chi connectivity index (χ4n) is 1.65. The first-order chi connectivity index (χ1) is 9.04. The summed E-state index contributed by atoms with van der Waals surface area (Å²) in [6.07, 6.45) is -7.62. The molecular weight excluding hydrogens is 264 g/mol. The van der Waals surface area contributed by atoms with Crippen molar-refractivity contribution in [2.45, 2.75) is 36.8 Å². The van der Waals surface area contributed by atoms with Crippen LogP contribution in [0.2, 0.25) is 0 Å². The summed E-state index contributed by atoms with van der Waals surface area (Å²) in [6.45, 7) is -1.74. The summed E-state index contributed by atoms with van der Waals surface area (Å²) in [6, 6.07) is 0. The molecule has 0 aromatic rings. The molecule has 9 heteroatoms. The molecule has 1 fully saturated rings. The van der Waals surface area contributed by atoms with Crippen molar-refractivity contribution in [2.75, 3.05) is 26.6 Å². The average molecular weight is 284 g/mol. The third kappa shape index (κ3) is 4.31. The van der Waals surface area contributed by atoms with Gasteiger partial charge in [-0.2, -0.15) is 0 Å². The molecule has 0 aromatic carbocycles. The molecular formula is C10H20O9. The summed E-state index contributed by atoms with van der Waals surface area (Å²) in [4.78, 5) is 0. The minimum Gasteiger partial charge on any atom is -0.394 e. The molecule has 1 rings (SSSR count). The van der Waals surface area contributed by atoms with Gasteiger partial charge in [0.05, 0.1) is 19.8 Å². The summed E-state index contributed by atoms with van der Waals surface area (Å²) in [5, 5.41) is 55.0. The molecule has 1 aliphatic rings. The van der Waals surface area contributed by atoms with E-state index in [1.807, 2.05) is 0 Å². The van der Waals surface area contributed by atoms with Crippen molar-refractivity contribution >= 4 is 0 Å². The maximum Gasteiger partial charge on any atom is 0.184 e. The highest BCUT2D eigenvalue weighted by Crippen LogP contribution is 2.22. The van der Waals surface area contributed by atoms with E-state index < -0.39 is 63.4 Å². The Labute approximate surface area is 109 Å². The second kappa shape index (κ2) is 8.04. The first-order valence-corrected chi connectivity index (χ1v) is 5.80. The van der Waals surface area contributed by atoms with Crippen molar-refractivity contribution in [2.24, 2.45) is 0 Å². The lowest BCUT2D eigenvalue weighted by atomic mass is 9.99. The maximum atomic E-state index is 9.71. The molecule has 1 aliphatic heterocycles. The molecule has 0 aromatic heterocycles. The van der Waals surface area contributed by atoms with Crippen LogP contribution in [0.3, 0.4) is 0 Å². The molecule has 0 amide bonds. The Bertz CT molecular complexity index is 245. The standard InChI is InChI=1S/C10H20O9/c11-1-5(2-12)17-4-18-9-6(3-13)19-10(16)8(15)7(9)14/h5-16H,1-4H2/t6?,7-,8?,9-,10-/m1/s1. The number of aliphatic hydroxyl groups excluding tert-OH is 6. The van der Waals surface area contributed by atoms with Crippen molar-refractivity contribution in [1.29, 1.82) is 0 Å². The highest BCUT2D eigenvalue weighted by molar-refractivity contribution is 4.89. The van der Waals surface area contributed by atoms with Crippen molar-refractivity contribution < 1.29 is 44.8 Å². The van der Waals surface area contributed by atoms with Gasteiger partial charge in [0, 0.05) is 0 Å². The molecule has 0 spiro atoms. The Kier molecular flexibility index (Phi) is 7.07. The maximum absolute atomic E-state index is 9.71. The zero-order chi connectivity index (χ0) is 14.4. The minimum absolute atomic E-state index is 0.393. The molecule has 6 N–H and O–H groups in total. The SMILES string of the molecule is OCC(CO)OCO[C@@H]1C(CO)O[C@@H](O)C(O)[C@H]1O. The van der Waals surface area contributed by atoms with Gasteiger partial charge in [-0.3, -0.25) is 0 Å². The lowest BCUT2D eigenvalue weighted by Crippen LogP contribution is -2.59. The summed E-state index contributed by atoms with van der Waals surface area (Å²) >= 11 is 0. The molecule has 0 aliphatic carbocycles. The minimum atomic E-state index is -1.62. The first kappa shape index (κ1) is 16.7. The molecule has 19 heavy (non-hydrogen) atoms. The number of hydrogen-bond acceptors (Lipinski definition) is 9. The van der Waals surface area contributed by atoms with Gasteiger partial charge in [-0.15, -0.1) is 0 Å². The van der Waals surface area contributed by atoms with E-state index in [0.29, 0.717) is 0 Å². The zero-order valence-corrected chi connectivity index (χ0v) is 10.2. The van der Waals surface area contributed by atoms with Gasteiger partial charge in [0.2, 0.25) is 0 Å². The number of ether oxygens (including phenoxy) is 3. The molecule has 9 nitrogen and oxygen atoms in total. The van der Waals surface area contributed by atoms with E-state index in [0.717, 1.165) is 0 Å². The van der Waals surface area contributed by atoms with E-state index in [9.17, 15) is 15.3 Å². The van der Waals surface area contributed by atoms with Crippen LogP contribution in [-0.2, 0) is 14.2 Å². The van der Waals surface area contributed by atoms with E-state index in [1.54, 1.807) is 0 Å². The highest BCUT2D eigenvalue weighted by Gasteiger charge is 2.44. The van der Waals surface area contributed by atoms with Crippen LogP contribution in [0.25, 0.3) is 0 Å². The quantitative estimate of drug-likeness (QED) is 0.258. The van der Waals surface area contributed by atoms with Gasteiger partial charge in [0.1, 0.15) is 37.3 Å². The summed E-state index contributed by atoms with van der Waals surface area (Å²) in [7, 11) is 0. The fraction of sp³-hybridized carbons (Fsp3) is 1.00. The predicted molar refractivity (Wildman–Crippen MR) is 58.8 cm³/mol. The van der Waals surface area contributed by atoms with Crippen LogP contribution in [-0.4, -0.2) is 94.1 Å². The molecule has 1 heterocycles. The highest BCUT2D eigenvalue weighted by atomic mass is 16.7. The zero-order valence-electron chi connectivity index (χ0n) is 10.2. The molecule has 114 valence electrons. The third-order valence-corrected chi connectivity index (χ3v) is 2.81. The van der Waals surface area contributed by atoms with E-state index in [4.69, 9.17) is 29.5 Å².